The smallest absolute Gasteiger partial charge is 0.187 e. The molecule has 0 aromatic heterocycles. The minimum atomic E-state index is -1.76. The van der Waals surface area contributed by atoms with E-state index in [1.165, 1.54) is 0 Å². The van der Waals surface area contributed by atoms with Gasteiger partial charge in [-0.25, -0.2) is 0 Å². The lowest BCUT2D eigenvalue weighted by molar-refractivity contribution is -0.358. The average Bonchev–Trinajstić information content (AvgIpc) is 3.59. The highest BCUT2D eigenvalue weighted by atomic mass is 16.7. The molecule has 5 aliphatic carbocycles. The van der Waals surface area contributed by atoms with Gasteiger partial charge in [0.1, 0.15) is 61.0 Å². The molecule has 368 valence electrons. The number of rotatable bonds is 9. The number of ether oxygens (including phenoxy) is 7. The highest BCUT2D eigenvalue weighted by Crippen LogP contribution is 2.89. The third kappa shape index (κ3) is 7.01. The molecule has 25 atom stereocenters. The molecule has 0 unspecified atom stereocenters. The minimum absolute atomic E-state index is 0.0876. The van der Waals surface area contributed by atoms with Crippen LogP contribution in [0.25, 0.3) is 0 Å². The topological polar surface area (TPSA) is 287 Å². The Hall–Kier alpha value is -0.720. The molecular formula is C46H76O18. The number of aliphatic hydroxyl groups excluding tert-OH is 10. The second-order valence-electron chi connectivity index (χ2n) is 23.4. The molecule has 18 heteroatoms. The molecule has 0 bridgehead atoms. The van der Waals surface area contributed by atoms with Crippen molar-refractivity contribution in [2.75, 3.05) is 19.8 Å². The number of aliphatic hydroxyl groups is 11. The molecule has 0 radical (unpaired) electrons. The van der Waals surface area contributed by atoms with Crippen molar-refractivity contribution in [2.24, 2.45) is 44.8 Å². The zero-order chi connectivity index (χ0) is 46.5. The largest absolute Gasteiger partial charge is 0.394 e. The molecule has 0 amide bonds. The number of fused-ring (bicyclic) bond motifs is 2. The molecule has 64 heavy (non-hydrogen) atoms. The SMILES string of the molecule is CC(C)(O)[C@@H]1CC[C@](C)([C@H]2[C@@H](O)C[C@@]3(C)[C@@H]4C[C@H](O[C@@H]5OC[C@@H](O)[C@H](O)[C@H]5O)[C@H]5C(C)(C)[C@@H](O[C@@H]6OC[C@@H](O)[C@H](O[C@@H]7O[C@H](CO)[C@@H](O)[C@H](O)[C@H]7O)[C@H]6O)CC[C@@]56C[C@@]46CC[C@]23C)O1. The summed E-state index contributed by atoms with van der Waals surface area (Å²) in [7, 11) is 0. The summed E-state index contributed by atoms with van der Waals surface area (Å²) in [6.45, 7) is 13.3. The first kappa shape index (κ1) is 48.3. The Bertz CT molecular complexity index is 1710. The van der Waals surface area contributed by atoms with Gasteiger partial charge in [0.25, 0.3) is 0 Å². The molecule has 9 rings (SSSR count). The average molecular weight is 917 g/mol. The molecule has 5 saturated carbocycles. The standard InChI is InChI=1S/C46H76O18/c1-40(2)26(62-38-33(56)34(22(50)18-59-38)63-39-32(55)30(53)29(52)24(16-47)61-39)9-11-46-19-45(46)13-12-42(5)35(44(7)10-8-27(64-44)41(3,4)57)20(48)15-43(42,6)25(45)14-23(36(40)46)60-37-31(54)28(51)21(49)17-58-37/h20-39,47-57H,8-19H2,1-7H3/t20-,21+,22+,23-,24+,25-,26-,27-,28-,29+,30-,31+,32+,33+,34-,35-,36-,37-,38-,39-,42+,43-,44+,45-,46+/m0/s1. The van der Waals surface area contributed by atoms with Crippen LogP contribution in [0.1, 0.15) is 106 Å². The van der Waals surface area contributed by atoms with Crippen LogP contribution in [-0.4, -0.2) is 192 Å². The van der Waals surface area contributed by atoms with E-state index < -0.39 is 121 Å². The molecule has 11 N–H and O–H groups in total. The van der Waals surface area contributed by atoms with Gasteiger partial charge in [0.2, 0.25) is 0 Å². The van der Waals surface area contributed by atoms with Crippen molar-refractivity contribution in [1.29, 1.82) is 0 Å². The van der Waals surface area contributed by atoms with Crippen LogP contribution in [0.5, 0.6) is 0 Å². The third-order valence-corrected chi connectivity index (χ3v) is 19.3. The Kier molecular flexibility index (Phi) is 12.2. The minimum Gasteiger partial charge on any atom is -0.394 e. The van der Waals surface area contributed by atoms with E-state index in [-0.39, 0.29) is 58.7 Å². The molecule has 0 aromatic carbocycles. The molecule has 4 saturated heterocycles. The number of hydrogen-bond donors (Lipinski definition) is 11. The second kappa shape index (κ2) is 16.2. The van der Waals surface area contributed by atoms with Crippen molar-refractivity contribution < 1.29 is 89.3 Å². The Morgan fingerprint density at radius 3 is 1.94 bits per heavy atom. The quantitative estimate of drug-likeness (QED) is 0.126. The highest BCUT2D eigenvalue weighted by molar-refractivity contribution is 5.33. The summed E-state index contributed by atoms with van der Waals surface area (Å²) < 4.78 is 43.7. The van der Waals surface area contributed by atoms with Crippen LogP contribution < -0.4 is 0 Å². The lowest BCUT2D eigenvalue weighted by atomic mass is 9.41. The van der Waals surface area contributed by atoms with E-state index in [2.05, 4.69) is 34.6 Å². The zero-order valence-electron chi connectivity index (χ0n) is 38.3. The van der Waals surface area contributed by atoms with Crippen LogP contribution in [0.2, 0.25) is 0 Å². The summed E-state index contributed by atoms with van der Waals surface area (Å²) in [4.78, 5) is 0. The van der Waals surface area contributed by atoms with E-state index in [0.717, 1.165) is 32.1 Å². The van der Waals surface area contributed by atoms with E-state index in [9.17, 15) is 56.2 Å². The van der Waals surface area contributed by atoms with Gasteiger partial charge in [-0.05, 0) is 117 Å². The van der Waals surface area contributed by atoms with E-state index in [0.29, 0.717) is 25.7 Å². The molecule has 9 fully saturated rings. The van der Waals surface area contributed by atoms with Gasteiger partial charge in [0, 0.05) is 5.92 Å². The summed E-state index contributed by atoms with van der Waals surface area (Å²) in [5.74, 6) is -0.290. The second-order valence-corrected chi connectivity index (χ2v) is 23.4. The zero-order valence-corrected chi connectivity index (χ0v) is 38.3. The molecule has 4 heterocycles. The normalized spacial score (nSPS) is 58.2. The van der Waals surface area contributed by atoms with Gasteiger partial charge in [-0.1, -0.05) is 27.7 Å². The molecule has 0 aromatic rings. The monoisotopic (exact) mass is 917 g/mol. The van der Waals surface area contributed by atoms with E-state index in [1.807, 2.05) is 0 Å². The Morgan fingerprint density at radius 2 is 1.28 bits per heavy atom. The van der Waals surface area contributed by atoms with Gasteiger partial charge in [0.05, 0.1) is 55.4 Å². The van der Waals surface area contributed by atoms with Gasteiger partial charge in [0.15, 0.2) is 18.9 Å². The molecule has 18 nitrogen and oxygen atoms in total. The number of hydrogen-bond acceptors (Lipinski definition) is 18. The van der Waals surface area contributed by atoms with Crippen molar-refractivity contribution in [3.63, 3.8) is 0 Å². The first-order valence-corrected chi connectivity index (χ1v) is 23.8. The van der Waals surface area contributed by atoms with Crippen LogP contribution in [0.15, 0.2) is 0 Å². The summed E-state index contributed by atoms with van der Waals surface area (Å²) in [5.41, 5.74) is -3.40. The van der Waals surface area contributed by atoms with Gasteiger partial charge < -0.3 is 89.3 Å². The lowest BCUT2D eigenvalue weighted by Gasteiger charge is -2.65. The predicted octanol–water partition coefficient (Wildman–Crippen LogP) is -0.813. The summed E-state index contributed by atoms with van der Waals surface area (Å²) >= 11 is 0. The fraction of sp³-hybridized carbons (Fsp3) is 1.00. The highest BCUT2D eigenvalue weighted by Gasteiger charge is 2.85. The van der Waals surface area contributed by atoms with Gasteiger partial charge in [-0.3, -0.25) is 0 Å². The van der Waals surface area contributed by atoms with Gasteiger partial charge in [-0.15, -0.1) is 0 Å². The summed E-state index contributed by atoms with van der Waals surface area (Å²) in [6, 6.07) is 0. The first-order chi connectivity index (χ1) is 29.8. The maximum absolute atomic E-state index is 12.3. The van der Waals surface area contributed by atoms with Crippen LogP contribution in [0, 0.1) is 44.8 Å². The molecule has 2 spiro atoms. The van der Waals surface area contributed by atoms with Crippen molar-refractivity contribution >= 4 is 0 Å². The van der Waals surface area contributed by atoms with Crippen LogP contribution in [0.3, 0.4) is 0 Å². The van der Waals surface area contributed by atoms with E-state index in [4.69, 9.17) is 33.2 Å². The first-order valence-electron chi connectivity index (χ1n) is 23.8. The maximum atomic E-state index is 12.3. The van der Waals surface area contributed by atoms with Crippen LogP contribution in [-0.2, 0) is 33.2 Å². The summed E-state index contributed by atoms with van der Waals surface area (Å²) in [5, 5.41) is 119. The van der Waals surface area contributed by atoms with Crippen molar-refractivity contribution in [3.05, 3.63) is 0 Å². The maximum Gasteiger partial charge on any atom is 0.187 e. The predicted molar refractivity (Wildman–Crippen MR) is 220 cm³/mol. The van der Waals surface area contributed by atoms with Gasteiger partial charge in [-0.2, -0.15) is 0 Å². The van der Waals surface area contributed by atoms with Crippen molar-refractivity contribution in [3.8, 4) is 0 Å². The molecule has 4 aliphatic heterocycles. The fourth-order valence-electron chi connectivity index (χ4n) is 16.1. The van der Waals surface area contributed by atoms with Crippen LogP contribution in [0.4, 0.5) is 0 Å². The van der Waals surface area contributed by atoms with Crippen LogP contribution >= 0.6 is 0 Å². The Labute approximate surface area is 375 Å². The molecular weight excluding hydrogens is 840 g/mol. The van der Waals surface area contributed by atoms with Crippen molar-refractivity contribution in [1.82, 2.24) is 0 Å². The molecule has 9 aliphatic rings. The van der Waals surface area contributed by atoms with E-state index >= 15 is 0 Å². The lowest BCUT2D eigenvalue weighted by Crippen LogP contribution is -2.65. The van der Waals surface area contributed by atoms with Crippen molar-refractivity contribution in [2.45, 2.75) is 222 Å². The Balaban J connectivity index is 1.00. The third-order valence-electron chi connectivity index (χ3n) is 19.3. The van der Waals surface area contributed by atoms with E-state index in [1.54, 1.807) is 13.8 Å². The Morgan fingerprint density at radius 1 is 0.625 bits per heavy atom. The summed E-state index contributed by atoms with van der Waals surface area (Å²) in [6.07, 6.45) is -14.7. The van der Waals surface area contributed by atoms with Gasteiger partial charge >= 0.3 is 0 Å². The fourth-order valence-corrected chi connectivity index (χ4v) is 16.1.